The molecule has 6 heteroatoms. The summed E-state index contributed by atoms with van der Waals surface area (Å²) in [4.78, 5) is 11.8. The number of rotatable bonds is 2. The number of amides is 1. The van der Waals surface area contributed by atoms with Crippen molar-refractivity contribution in [2.45, 2.75) is 6.30 Å². The molecule has 2 aromatic rings. The first-order valence-electron chi connectivity index (χ1n) is 5.65. The second-order valence-corrected chi connectivity index (χ2v) is 3.96. The number of anilines is 1. The summed E-state index contributed by atoms with van der Waals surface area (Å²) in [6.45, 7) is 0. The number of phenols is 1. The summed E-state index contributed by atoms with van der Waals surface area (Å²) in [6.07, 6.45) is -4.89. The van der Waals surface area contributed by atoms with Crippen LogP contribution in [0.5, 0.6) is 5.75 Å². The zero-order valence-corrected chi connectivity index (χ0v) is 10.1. The first kappa shape index (κ1) is 13.9. The molecule has 3 nitrogen and oxygen atoms in total. The van der Waals surface area contributed by atoms with E-state index in [1.54, 1.807) is 6.07 Å². The van der Waals surface area contributed by atoms with Gasteiger partial charge in [-0.25, -0.2) is 4.90 Å². The maximum absolute atomic E-state index is 13.1. The van der Waals surface area contributed by atoms with Crippen molar-refractivity contribution in [3.8, 4) is 5.75 Å². The Morgan fingerprint density at radius 3 is 2.05 bits per heavy atom. The van der Waals surface area contributed by atoms with Crippen LogP contribution in [0.15, 0.2) is 54.6 Å². The average Bonchev–Trinajstić information content (AvgIpc) is 2.39. The molecular weight excluding hydrogens is 271 g/mol. The van der Waals surface area contributed by atoms with E-state index in [0.717, 1.165) is 12.1 Å². The SMILES string of the molecule is O=C(c1ccccc1O)N(c1ccccc1)C(F)(F)F. The Morgan fingerprint density at radius 1 is 0.950 bits per heavy atom. The second kappa shape index (κ2) is 5.24. The van der Waals surface area contributed by atoms with Crippen molar-refractivity contribution in [3.05, 3.63) is 60.2 Å². The number of alkyl halides is 3. The van der Waals surface area contributed by atoms with E-state index in [1.807, 2.05) is 0 Å². The minimum absolute atomic E-state index is 0.304. The monoisotopic (exact) mass is 281 g/mol. The summed E-state index contributed by atoms with van der Waals surface area (Å²) in [5.41, 5.74) is -0.720. The lowest BCUT2D eigenvalue weighted by Gasteiger charge is -2.25. The van der Waals surface area contributed by atoms with Gasteiger partial charge in [0.15, 0.2) is 0 Å². The van der Waals surface area contributed by atoms with Gasteiger partial charge in [-0.3, -0.25) is 4.79 Å². The van der Waals surface area contributed by atoms with Gasteiger partial charge in [0.1, 0.15) is 5.75 Å². The van der Waals surface area contributed by atoms with Gasteiger partial charge < -0.3 is 5.11 Å². The normalized spacial score (nSPS) is 11.2. The van der Waals surface area contributed by atoms with Crippen LogP contribution in [0, 0.1) is 0 Å². The highest BCUT2D eigenvalue weighted by molar-refractivity contribution is 6.08. The summed E-state index contributed by atoms with van der Waals surface area (Å²) >= 11 is 0. The number of hydrogen-bond acceptors (Lipinski definition) is 2. The Hall–Kier alpha value is -2.50. The fourth-order valence-corrected chi connectivity index (χ4v) is 1.73. The summed E-state index contributed by atoms with van der Waals surface area (Å²) in [7, 11) is 0. The number of carbonyl (C=O) groups is 1. The fraction of sp³-hybridized carbons (Fsp3) is 0.0714. The van der Waals surface area contributed by atoms with Crippen LogP contribution >= 0.6 is 0 Å². The fourth-order valence-electron chi connectivity index (χ4n) is 1.73. The second-order valence-electron chi connectivity index (χ2n) is 3.96. The zero-order valence-electron chi connectivity index (χ0n) is 10.1. The molecule has 2 aromatic carbocycles. The molecule has 0 heterocycles. The van der Waals surface area contributed by atoms with Crippen LogP contribution < -0.4 is 4.90 Å². The first-order valence-corrected chi connectivity index (χ1v) is 5.65. The maximum atomic E-state index is 13.1. The molecule has 0 fully saturated rings. The molecule has 20 heavy (non-hydrogen) atoms. The van der Waals surface area contributed by atoms with Gasteiger partial charge in [-0.2, -0.15) is 0 Å². The lowest BCUT2D eigenvalue weighted by molar-refractivity contribution is -0.122. The summed E-state index contributed by atoms with van der Waals surface area (Å²) in [5.74, 6) is -1.83. The van der Waals surface area contributed by atoms with Crippen molar-refractivity contribution in [1.29, 1.82) is 0 Å². The molecule has 1 amide bonds. The van der Waals surface area contributed by atoms with Gasteiger partial charge in [-0.1, -0.05) is 30.3 Å². The number of halogens is 3. The molecule has 0 aromatic heterocycles. The molecule has 0 spiro atoms. The van der Waals surface area contributed by atoms with Gasteiger partial charge >= 0.3 is 6.30 Å². The van der Waals surface area contributed by atoms with Crippen molar-refractivity contribution >= 4 is 11.6 Å². The van der Waals surface area contributed by atoms with E-state index in [4.69, 9.17) is 0 Å². The first-order chi connectivity index (χ1) is 9.41. The third-order valence-electron chi connectivity index (χ3n) is 2.61. The molecule has 104 valence electrons. The molecule has 0 bridgehead atoms. The van der Waals surface area contributed by atoms with Gasteiger partial charge in [0, 0.05) is 0 Å². The van der Waals surface area contributed by atoms with Crippen LogP contribution in [0.1, 0.15) is 10.4 Å². The van der Waals surface area contributed by atoms with Crippen LogP contribution in [0.25, 0.3) is 0 Å². The predicted molar refractivity (Wildman–Crippen MR) is 67.4 cm³/mol. The van der Waals surface area contributed by atoms with Crippen LogP contribution in [0.4, 0.5) is 18.9 Å². The topological polar surface area (TPSA) is 40.5 Å². The Morgan fingerprint density at radius 2 is 1.50 bits per heavy atom. The van der Waals surface area contributed by atoms with Crippen molar-refractivity contribution in [1.82, 2.24) is 0 Å². The molecule has 0 saturated carbocycles. The summed E-state index contributed by atoms with van der Waals surface area (Å²) < 4.78 is 39.3. The van der Waals surface area contributed by atoms with E-state index in [2.05, 4.69) is 0 Å². The Labute approximate surface area is 112 Å². The quantitative estimate of drug-likeness (QED) is 0.855. The van der Waals surface area contributed by atoms with Crippen molar-refractivity contribution in [2.75, 3.05) is 4.90 Å². The lowest BCUT2D eigenvalue weighted by atomic mass is 10.1. The van der Waals surface area contributed by atoms with Gasteiger partial charge in [0.25, 0.3) is 5.91 Å². The van der Waals surface area contributed by atoms with Crippen LogP contribution in [0.3, 0.4) is 0 Å². The molecule has 0 aliphatic heterocycles. The smallest absolute Gasteiger partial charge is 0.491 e. The maximum Gasteiger partial charge on any atom is 0.491 e. The van der Waals surface area contributed by atoms with E-state index < -0.39 is 23.5 Å². The van der Waals surface area contributed by atoms with E-state index in [9.17, 15) is 23.1 Å². The average molecular weight is 281 g/mol. The zero-order chi connectivity index (χ0) is 14.8. The van der Waals surface area contributed by atoms with Crippen LogP contribution in [-0.2, 0) is 0 Å². The van der Waals surface area contributed by atoms with Crippen molar-refractivity contribution in [3.63, 3.8) is 0 Å². The molecule has 0 radical (unpaired) electrons. The molecule has 0 aliphatic carbocycles. The Balaban J connectivity index is 2.49. The van der Waals surface area contributed by atoms with Crippen molar-refractivity contribution in [2.24, 2.45) is 0 Å². The molecule has 0 unspecified atom stereocenters. The minimum atomic E-state index is -4.89. The molecule has 0 saturated heterocycles. The number of phenolic OH excluding ortho intramolecular Hbond substituents is 1. The number of para-hydroxylation sites is 2. The Kier molecular flexibility index (Phi) is 3.65. The summed E-state index contributed by atoms with van der Waals surface area (Å²) in [6, 6.07) is 11.8. The molecule has 2 rings (SSSR count). The van der Waals surface area contributed by atoms with Gasteiger partial charge in [-0.15, -0.1) is 13.2 Å². The largest absolute Gasteiger partial charge is 0.507 e. The summed E-state index contributed by atoms with van der Waals surface area (Å²) in [5, 5.41) is 9.53. The number of carbonyl (C=O) groups excluding carboxylic acids is 1. The third kappa shape index (κ3) is 2.74. The minimum Gasteiger partial charge on any atom is -0.507 e. The third-order valence-corrected chi connectivity index (χ3v) is 2.61. The van der Waals surface area contributed by atoms with Crippen LogP contribution in [0.2, 0.25) is 0 Å². The van der Waals surface area contributed by atoms with Gasteiger partial charge in [-0.05, 0) is 24.3 Å². The number of aromatic hydroxyl groups is 1. The van der Waals surface area contributed by atoms with E-state index in [-0.39, 0.29) is 10.6 Å². The highest BCUT2D eigenvalue weighted by Crippen LogP contribution is 2.31. The molecule has 0 aliphatic rings. The number of hydrogen-bond donors (Lipinski definition) is 1. The highest BCUT2D eigenvalue weighted by atomic mass is 19.4. The van der Waals surface area contributed by atoms with E-state index in [1.165, 1.54) is 36.4 Å². The van der Waals surface area contributed by atoms with Gasteiger partial charge in [0.05, 0.1) is 11.3 Å². The van der Waals surface area contributed by atoms with Crippen LogP contribution in [-0.4, -0.2) is 17.3 Å². The predicted octanol–water partition coefficient (Wildman–Crippen LogP) is 3.56. The molecule has 0 atom stereocenters. The van der Waals surface area contributed by atoms with E-state index in [0.29, 0.717) is 0 Å². The Bertz CT molecular complexity index is 611. The number of benzene rings is 2. The standard InChI is InChI=1S/C14H10F3NO2/c15-14(16,17)18(10-6-2-1-3-7-10)13(20)11-8-4-5-9-12(11)19/h1-9,19H. The number of nitrogens with zero attached hydrogens (tertiary/aromatic N) is 1. The molecular formula is C14H10F3NO2. The van der Waals surface area contributed by atoms with Crippen molar-refractivity contribution < 1.29 is 23.1 Å². The molecule has 1 N–H and O–H groups in total. The highest BCUT2D eigenvalue weighted by Gasteiger charge is 2.43. The van der Waals surface area contributed by atoms with E-state index >= 15 is 0 Å². The van der Waals surface area contributed by atoms with Gasteiger partial charge in [0.2, 0.25) is 0 Å². The lowest BCUT2D eigenvalue weighted by Crippen LogP contribution is -2.43.